The number of halogens is 1. The van der Waals surface area contributed by atoms with Crippen LogP contribution in [0.5, 0.6) is 0 Å². The Balaban J connectivity index is 1.68. The highest BCUT2D eigenvalue weighted by atomic mass is 35.5. The molecule has 23 heavy (non-hydrogen) atoms. The molecule has 2 aromatic carbocycles. The van der Waals surface area contributed by atoms with Gasteiger partial charge in [0.25, 0.3) is 0 Å². The summed E-state index contributed by atoms with van der Waals surface area (Å²) in [4.78, 5) is 12.1. The molecule has 0 aliphatic carbocycles. The molecular formula is C18H17ClN2O2. The predicted molar refractivity (Wildman–Crippen MR) is 92.6 cm³/mol. The summed E-state index contributed by atoms with van der Waals surface area (Å²) < 4.78 is 1.99. The molecule has 4 nitrogen and oxygen atoms in total. The number of rotatable bonds is 4. The van der Waals surface area contributed by atoms with Crippen LogP contribution in [0.15, 0.2) is 54.7 Å². The van der Waals surface area contributed by atoms with Gasteiger partial charge in [0.2, 0.25) is 5.91 Å². The van der Waals surface area contributed by atoms with Crippen molar-refractivity contribution in [1.82, 2.24) is 4.57 Å². The summed E-state index contributed by atoms with van der Waals surface area (Å²) in [6.45, 7) is 0. The number of carbonyl (C=O) groups is 1. The Morgan fingerprint density at radius 3 is 2.70 bits per heavy atom. The molecule has 0 bridgehead atoms. The number of benzene rings is 2. The van der Waals surface area contributed by atoms with Crippen LogP contribution in [0.3, 0.4) is 0 Å². The summed E-state index contributed by atoms with van der Waals surface area (Å²) in [6, 6.07) is 14.6. The number of aryl methyl sites for hydroxylation is 1. The van der Waals surface area contributed by atoms with Crippen LogP contribution < -0.4 is 5.32 Å². The first-order valence-corrected chi connectivity index (χ1v) is 7.69. The SMILES string of the molecule is Cn1ccc2ccc(NC(=O)CC(O)c3ccc(Cl)cc3)cc21. The van der Waals surface area contributed by atoms with E-state index in [4.69, 9.17) is 11.6 Å². The van der Waals surface area contributed by atoms with E-state index >= 15 is 0 Å². The highest BCUT2D eigenvalue weighted by Gasteiger charge is 2.13. The zero-order valence-electron chi connectivity index (χ0n) is 12.7. The molecule has 1 aromatic heterocycles. The number of hydrogen-bond donors (Lipinski definition) is 2. The molecule has 0 spiro atoms. The van der Waals surface area contributed by atoms with Crippen LogP contribution in [0.2, 0.25) is 5.02 Å². The van der Waals surface area contributed by atoms with Crippen LogP contribution in [0.4, 0.5) is 5.69 Å². The van der Waals surface area contributed by atoms with Crippen LogP contribution in [0.25, 0.3) is 10.9 Å². The fourth-order valence-corrected chi connectivity index (χ4v) is 2.66. The molecule has 3 rings (SSSR count). The van der Waals surface area contributed by atoms with Gasteiger partial charge in [-0.2, -0.15) is 0 Å². The summed E-state index contributed by atoms with van der Waals surface area (Å²) in [5.41, 5.74) is 2.43. The lowest BCUT2D eigenvalue weighted by molar-refractivity contribution is -0.118. The van der Waals surface area contributed by atoms with Crippen molar-refractivity contribution < 1.29 is 9.90 Å². The maximum Gasteiger partial charge on any atom is 0.227 e. The Labute approximate surface area is 139 Å². The zero-order valence-corrected chi connectivity index (χ0v) is 13.4. The monoisotopic (exact) mass is 328 g/mol. The van der Waals surface area contributed by atoms with E-state index in [1.807, 2.05) is 42.1 Å². The largest absolute Gasteiger partial charge is 0.388 e. The van der Waals surface area contributed by atoms with Crippen LogP contribution >= 0.6 is 11.6 Å². The number of fused-ring (bicyclic) bond motifs is 1. The Morgan fingerprint density at radius 2 is 1.96 bits per heavy atom. The normalized spacial score (nSPS) is 12.3. The zero-order chi connectivity index (χ0) is 16.4. The van der Waals surface area contributed by atoms with Crippen molar-refractivity contribution in [3.8, 4) is 0 Å². The summed E-state index contributed by atoms with van der Waals surface area (Å²) >= 11 is 5.82. The number of anilines is 1. The van der Waals surface area contributed by atoms with Gasteiger partial charge in [-0.1, -0.05) is 29.8 Å². The minimum absolute atomic E-state index is 0.00714. The molecule has 0 radical (unpaired) electrons. The lowest BCUT2D eigenvalue weighted by Gasteiger charge is -2.12. The highest BCUT2D eigenvalue weighted by molar-refractivity contribution is 6.30. The molecule has 1 unspecified atom stereocenters. The summed E-state index contributed by atoms with van der Waals surface area (Å²) in [5.74, 6) is -0.235. The molecule has 0 aliphatic rings. The molecule has 0 fully saturated rings. The Bertz CT molecular complexity index is 840. The summed E-state index contributed by atoms with van der Waals surface area (Å²) in [5, 5.41) is 14.7. The number of nitrogens with one attached hydrogen (secondary N) is 1. The number of amides is 1. The number of nitrogens with zero attached hydrogens (tertiary/aromatic N) is 1. The van der Waals surface area contributed by atoms with E-state index in [0.717, 1.165) is 10.9 Å². The van der Waals surface area contributed by atoms with E-state index < -0.39 is 6.10 Å². The average molecular weight is 329 g/mol. The Hall–Kier alpha value is -2.30. The third-order valence-electron chi connectivity index (χ3n) is 3.81. The van der Waals surface area contributed by atoms with Crippen molar-refractivity contribution in [1.29, 1.82) is 0 Å². The molecule has 3 aromatic rings. The Kier molecular flexibility index (Phi) is 4.37. The molecule has 5 heteroatoms. The van der Waals surface area contributed by atoms with E-state index in [9.17, 15) is 9.90 Å². The van der Waals surface area contributed by atoms with E-state index in [1.54, 1.807) is 24.3 Å². The first-order valence-electron chi connectivity index (χ1n) is 7.31. The maximum atomic E-state index is 12.1. The molecule has 0 saturated carbocycles. The number of aliphatic hydroxyl groups is 1. The van der Waals surface area contributed by atoms with Crippen molar-refractivity contribution in [2.45, 2.75) is 12.5 Å². The van der Waals surface area contributed by atoms with Crippen LogP contribution in [0, 0.1) is 0 Å². The van der Waals surface area contributed by atoms with Crippen LogP contribution in [0.1, 0.15) is 18.1 Å². The maximum absolute atomic E-state index is 12.1. The topological polar surface area (TPSA) is 54.3 Å². The van der Waals surface area contributed by atoms with Gasteiger partial charge in [-0.15, -0.1) is 0 Å². The quantitative estimate of drug-likeness (QED) is 0.763. The molecule has 1 atom stereocenters. The molecule has 0 saturated heterocycles. The minimum Gasteiger partial charge on any atom is -0.388 e. The third kappa shape index (κ3) is 3.55. The van der Waals surface area contributed by atoms with Gasteiger partial charge in [-0.25, -0.2) is 0 Å². The summed E-state index contributed by atoms with van der Waals surface area (Å²) in [7, 11) is 1.96. The van der Waals surface area contributed by atoms with Crippen molar-refractivity contribution in [3.63, 3.8) is 0 Å². The number of aliphatic hydroxyl groups excluding tert-OH is 1. The average Bonchev–Trinajstić information content (AvgIpc) is 2.89. The number of carbonyl (C=O) groups excluding carboxylic acids is 1. The van der Waals surface area contributed by atoms with Gasteiger partial charge in [0.05, 0.1) is 12.5 Å². The van der Waals surface area contributed by atoms with Crippen molar-refractivity contribution in [2.24, 2.45) is 7.05 Å². The fourth-order valence-electron chi connectivity index (χ4n) is 2.53. The highest BCUT2D eigenvalue weighted by Crippen LogP contribution is 2.22. The smallest absolute Gasteiger partial charge is 0.227 e. The van der Waals surface area contributed by atoms with E-state index in [2.05, 4.69) is 5.32 Å². The molecular weight excluding hydrogens is 312 g/mol. The molecule has 1 amide bonds. The lowest BCUT2D eigenvalue weighted by Crippen LogP contribution is -2.15. The second-order valence-electron chi connectivity index (χ2n) is 5.52. The van der Waals surface area contributed by atoms with Crippen LogP contribution in [-0.4, -0.2) is 15.6 Å². The van der Waals surface area contributed by atoms with Gasteiger partial charge in [0.1, 0.15) is 0 Å². The summed E-state index contributed by atoms with van der Waals surface area (Å²) in [6.07, 6.45) is 1.11. The van der Waals surface area contributed by atoms with Gasteiger partial charge in [0, 0.05) is 29.5 Å². The standard InChI is InChI=1S/C18H17ClN2O2/c1-21-9-8-12-4-7-15(10-16(12)21)20-18(23)11-17(22)13-2-5-14(19)6-3-13/h2-10,17,22H,11H2,1H3,(H,20,23). The first-order chi connectivity index (χ1) is 11.0. The predicted octanol–water partition coefficient (Wildman–Crippen LogP) is 3.89. The van der Waals surface area contributed by atoms with Gasteiger partial charge in [-0.3, -0.25) is 4.79 Å². The fraction of sp³-hybridized carbons (Fsp3) is 0.167. The van der Waals surface area contributed by atoms with E-state index in [-0.39, 0.29) is 12.3 Å². The van der Waals surface area contributed by atoms with Crippen LogP contribution in [-0.2, 0) is 11.8 Å². The van der Waals surface area contributed by atoms with Crippen molar-refractivity contribution >= 4 is 34.1 Å². The van der Waals surface area contributed by atoms with Gasteiger partial charge < -0.3 is 15.0 Å². The van der Waals surface area contributed by atoms with Crippen molar-refractivity contribution in [2.75, 3.05) is 5.32 Å². The molecule has 0 aliphatic heterocycles. The van der Waals surface area contributed by atoms with Gasteiger partial charge >= 0.3 is 0 Å². The van der Waals surface area contributed by atoms with Gasteiger partial charge in [0.15, 0.2) is 0 Å². The lowest BCUT2D eigenvalue weighted by atomic mass is 10.1. The van der Waals surface area contributed by atoms with E-state index in [1.165, 1.54) is 0 Å². The van der Waals surface area contributed by atoms with E-state index in [0.29, 0.717) is 16.3 Å². The number of hydrogen-bond acceptors (Lipinski definition) is 2. The third-order valence-corrected chi connectivity index (χ3v) is 4.06. The van der Waals surface area contributed by atoms with Gasteiger partial charge in [-0.05, 0) is 41.3 Å². The number of aromatic nitrogens is 1. The van der Waals surface area contributed by atoms with Crippen molar-refractivity contribution in [3.05, 3.63) is 65.3 Å². The molecule has 118 valence electrons. The molecule has 1 heterocycles. The first kappa shape index (κ1) is 15.6. The Morgan fingerprint density at radius 1 is 1.22 bits per heavy atom. The minimum atomic E-state index is -0.856. The second-order valence-corrected chi connectivity index (χ2v) is 5.96. The molecule has 2 N–H and O–H groups in total. The second kappa shape index (κ2) is 6.44.